The molecule has 2 aliphatic rings. The van der Waals surface area contributed by atoms with Gasteiger partial charge in [0.15, 0.2) is 5.60 Å². The van der Waals surface area contributed by atoms with E-state index in [1.807, 2.05) is 18.2 Å². The fraction of sp³-hybridized carbons (Fsp3) is 0.474. The number of β-amino-alcohol motifs (C(OH)–C–C–N with tert-alkyl or cyclic N) is 1. The fourth-order valence-corrected chi connectivity index (χ4v) is 3.54. The summed E-state index contributed by atoms with van der Waals surface area (Å²) in [5.74, 6) is -0.345. The SMILES string of the molecule is CC(=O)N1CCC[C@](O)(C(=O)N2CC=C(c3ccccc3)CC2)C1. The van der Waals surface area contributed by atoms with Gasteiger partial charge >= 0.3 is 0 Å². The van der Waals surface area contributed by atoms with E-state index in [0.29, 0.717) is 32.5 Å². The van der Waals surface area contributed by atoms with Gasteiger partial charge in [0.25, 0.3) is 5.91 Å². The van der Waals surface area contributed by atoms with Crippen LogP contribution in [0.5, 0.6) is 0 Å². The Labute approximate surface area is 142 Å². The van der Waals surface area contributed by atoms with Crippen LogP contribution >= 0.6 is 0 Å². The summed E-state index contributed by atoms with van der Waals surface area (Å²) in [5.41, 5.74) is 0.978. The molecule has 0 spiro atoms. The number of likely N-dealkylation sites (tertiary alicyclic amines) is 1. The first-order valence-electron chi connectivity index (χ1n) is 8.51. The number of nitrogens with zero attached hydrogens (tertiary/aromatic N) is 2. The summed E-state index contributed by atoms with van der Waals surface area (Å²) in [6.45, 7) is 3.30. The van der Waals surface area contributed by atoms with Gasteiger partial charge in [0, 0.05) is 26.6 Å². The van der Waals surface area contributed by atoms with Gasteiger partial charge in [0.2, 0.25) is 5.91 Å². The van der Waals surface area contributed by atoms with Gasteiger partial charge in [-0.25, -0.2) is 0 Å². The van der Waals surface area contributed by atoms with E-state index in [0.717, 1.165) is 6.42 Å². The normalized spacial score (nSPS) is 24.5. The molecule has 128 valence electrons. The molecule has 1 fully saturated rings. The molecular formula is C19H24N2O3. The van der Waals surface area contributed by atoms with Gasteiger partial charge in [-0.15, -0.1) is 0 Å². The topological polar surface area (TPSA) is 60.9 Å². The Hall–Kier alpha value is -2.14. The molecule has 1 aromatic rings. The summed E-state index contributed by atoms with van der Waals surface area (Å²) >= 11 is 0. The minimum absolute atomic E-state index is 0.0918. The van der Waals surface area contributed by atoms with Gasteiger partial charge in [-0.3, -0.25) is 9.59 Å². The molecule has 1 saturated heterocycles. The van der Waals surface area contributed by atoms with E-state index in [4.69, 9.17) is 0 Å². The summed E-state index contributed by atoms with van der Waals surface area (Å²) in [7, 11) is 0. The van der Waals surface area contributed by atoms with Gasteiger partial charge in [-0.05, 0) is 30.4 Å². The Morgan fingerprint density at radius 3 is 2.50 bits per heavy atom. The monoisotopic (exact) mass is 328 g/mol. The highest BCUT2D eigenvalue weighted by molar-refractivity contribution is 5.87. The number of carbonyl (C=O) groups excluding carboxylic acids is 2. The number of carbonyl (C=O) groups is 2. The van der Waals surface area contributed by atoms with E-state index in [-0.39, 0.29) is 18.4 Å². The van der Waals surface area contributed by atoms with Crippen molar-refractivity contribution in [2.75, 3.05) is 26.2 Å². The van der Waals surface area contributed by atoms with Crippen LogP contribution in [0.2, 0.25) is 0 Å². The molecule has 1 N–H and O–H groups in total. The highest BCUT2D eigenvalue weighted by Gasteiger charge is 2.43. The molecule has 2 aliphatic heterocycles. The third-order valence-electron chi connectivity index (χ3n) is 4.96. The third kappa shape index (κ3) is 3.36. The van der Waals surface area contributed by atoms with Crippen molar-refractivity contribution in [3.8, 4) is 0 Å². The van der Waals surface area contributed by atoms with Crippen molar-refractivity contribution < 1.29 is 14.7 Å². The van der Waals surface area contributed by atoms with Crippen molar-refractivity contribution >= 4 is 17.4 Å². The predicted octanol–water partition coefficient (Wildman–Crippen LogP) is 1.68. The van der Waals surface area contributed by atoms with Crippen molar-refractivity contribution in [1.29, 1.82) is 0 Å². The second-order valence-electron chi connectivity index (χ2n) is 6.67. The lowest BCUT2D eigenvalue weighted by atomic mass is 9.90. The maximum absolute atomic E-state index is 12.8. The summed E-state index contributed by atoms with van der Waals surface area (Å²) < 4.78 is 0. The fourth-order valence-electron chi connectivity index (χ4n) is 3.54. The zero-order valence-electron chi connectivity index (χ0n) is 14.1. The van der Waals surface area contributed by atoms with Crippen LogP contribution in [-0.4, -0.2) is 58.5 Å². The lowest BCUT2D eigenvalue weighted by Crippen LogP contribution is -2.59. The van der Waals surface area contributed by atoms with E-state index < -0.39 is 5.60 Å². The molecule has 0 bridgehead atoms. The first kappa shape index (κ1) is 16.7. The number of hydrogen-bond acceptors (Lipinski definition) is 3. The van der Waals surface area contributed by atoms with Crippen molar-refractivity contribution in [3.63, 3.8) is 0 Å². The lowest BCUT2D eigenvalue weighted by molar-refractivity contribution is -0.159. The highest BCUT2D eigenvalue weighted by atomic mass is 16.3. The van der Waals surface area contributed by atoms with Gasteiger partial charge in [-0.1, -0.05) is 36.4 Å². The van der Waals surface area contributed by atoms with Gasteiger partial charge < -0.3 is 14.9 Å². The number of hydrogen-bond donors (Lipinski definition) is 1. The van der Waals surface area contributed by atoms with E-state index in [1.54, 1.807) is 9.80 Å². The average Bonchev–Trinajstić information content (AvgIpc) is 2.62. The van der Waals surface area contributed by atoms with Crippen LogP contribution in [0.1, 0.15) is 31.7 Å². The standard InChI is InChI=1S/C19H24N2O3/c1-15(22)21-11-5-10-19(24,14-21)18(23)20-12-8-17(9-13-20)16-6-3-2-4-7-16/h2-4,6-8,24H,5,9-14H2,1H3/t19-/m1/s1. The Balaban J connectivity index is 1.68. The second kappa shape index (κ2) is 6.77. The minimum atomic E-state index is -1.44. The van der Waals surface area contributed by atoms with E-state index in [1.165, 1.54) is 18.1 Å². The van der Waals surface area contributed by atoms with Crippen LogP contribution in [-0.2, 0) is 9.59 Å². The predicted molar refractivity (Wildman–Crippen MR) is 92.1 cm³/mol. The maximum atomic E-state index is 12.8. The van der Waals surface area contributed by atoms with Gasteiger partial charge in [-0.2, -0.15) is 0 Å². The molecule has 0 aromatic heterocycles. The molecule has 0 unspecified atom stereocenters. The molecule has 2 amide bonds. The summed E-state index contributed by atoms with van der Waals surface area (Å²) in [5, 5.41) is 10.8. The molecule has 5 heteroatoms. The Bertz CT molecular complexity index is 656. The number of amides is 2. The molecule has 0 aliphatic carbocycles. The molecule has 1 aromatic carbocycles. The molecule has 0 radical (unpaired) electrons. The zero-order valence-corrected chi connectivity index (χ0v) is 14.1. The Kier molecular flexibility index (Phi) is 4.71. The lowest BCUT2D eigenvalue weighted by Gasteiger charge is -2.41. The largest absolute Gasteiger partial charge is 0.378 e. The Morgan fingerprint density at radius 1 is 1.12 bits per heavy atom. The van der Waals surface area contributed by atoms with Crippen LogP contribution in [0.4, 0.5) is 0 Å². The number of rotatable bonds is 2. The first-order valence-corrected chi connectivity index (χ1v) is 8.51. The molecule has 3 rings (SSSR count). The van der Waals surface area contributed by atoms with Crippen LogP contribution in [0, 0.1) is 0 Å². The number of piperidine rings is 1. The average molecular weight is 328 g/mol. The highest BCUT2D eigenvalue weighted by Crippen LogP contribution is 2.27. The molecule has 0 saturated carbocycles. The maximum Gasteiger partial charge on any atom is 0.256 e. The van der Waals surface area contributed by atoms with Crippen molar-refractivity contribution in [1.82, 2.24) is 9.80 Å². The Morgan fingerprint density at radius 2 is 1.88 bits per heavy atom. The smallest absolute Gasteiger partial charge is 0.256 e. The number of benzene rings is 1. The van der Waals surface area contributed by atoms with Crippen molar-refractivity contribution in [2.24, 2.45) is 0 Å². The zero-order chi connectivity index (χ0) is 17.2. The van der Waals surface area contributed by atoms with Crippen LogP contribution < -0.4 is 0 Å². The van der Waals surface area contributed by atoms with E-state index >= 15 is 0 Å². The van der Waals surface area contributed by atoms with Gasteiger partial charge in [0.05, 0.1) is 6.54 Å². The van der Waals surface area contributed by atoms with Gasteiger partial charge in [0.1, 0.15) is 0 Å². The molecule has 2 heterocycles. The van der Waals surface area contributed by atoms with Crippen LogP contribution in [0.25, 0.3) is 5.57 Å². The van der Waals surface area contributed by atoms with Crippen LogP contribution in [0.3, 0.4) is 0 Å². The summed E-state index contributed by atoms with van der Waals surface area (Å²) in [6, 6.07) is 10.1. The third-order valence-corrected chi connectivity index (χ3v) is 4.96. The molecule has 5 nitrogen and oxygen atoms in total. The summed E-state index contributed by atoms with van der Waals surface area (Å²) in [6.07, 6.45) is 3.91. The first-order chi connectivity index (χ1) is 11.5. The minimum Gasteiger partial charge on any atom is -0.378 e. The molecule has 1 atom stereocenters. The molecule has 24 heavy (non-hydrogen) atoms. The molecular weight excluding hydrogens is 304 g/mol. The van der Waals surface area contributed by atoms with E-state index in [9.17, 15) is 14.7 Å². The summed E-state index contributed by atoms with van der Waals surface area (Å²) in [4.78, 5) is 27.6. The van der Waals surface area contributed by atoms with Crippen molar-refractivity contribution in [2.45, 2.75) is 31.8 Å². The van der Waals surface area contributed by atoms with Crippen molar-refractivity contribution in [3.05, 3.63) is 42.0 Å². The quantitative estimate of drug-likeness (QED) is 0.898. The second-order valence-corrected chi connectivity index (χ2v) is 6.67. The van der Waals surface area contributed by atoms with E-state index in [2.05, 4.69) is 18.2 Å². The number of aliphatic hydroxyl groups is 1. The van der Waals surface area contributed by atoms with Crippen LogP contribution in [0.15, 0.2) is 36.4 Å².